The Hall–Kier alpha value is -1.73. The van der Waals surface area contributed by atoms with E-state index >= 15 is 0 Å². The van der Waals surface area contributed by atoms with E-state index < -0.39 is 12.6 Å². The second-order valence-corrected chi connectivity index (χ2v) is 4.11. The maximum absolute atomic E-state index is 12.2. The van der Waals surface area contributed by atoms with Crippen LogP contribution in [-0.2, 0) is 7.05 Å². The molecule has 102 valence electrons. The van der Waals surface area contributed by atoms with Crippen LogP contribution in [0, 0.1) is 12.3 Å². The largest absolute Gasteiger partial charge is 0.390 e. The highest BCUT2D eigenvalue weighted by Crippen LogP contribution is 2.25. The van der Waals surface area contributed by atoms with Gasteiger partial charge in [0.2, 0.25) is 0 Å². The summed E-state index contributed by atoms with van der Waals surface area (Å²) >= 11 is 0. The average molecular weight is 263 g/mol. The van der Waals surface area contributed by atoms with Crippen molar-refractivity contribution in [2.75, 3.05) is 18.5 Å². The molecule has 1 aromatic heterocycles. The molecule has 0 radical (unpaired) electrons. The number of nitrogens with two attached hydrogens (primary N) is 1. The predicted molar refractivity (Wildman–Crippen MR) is 62.9 cm³/mol. The van der Waals surface area contributed by atoms with Gasteiger partial charge in [0, 0.05) is 20.6 Å². The second kappa shape index (κ2) is 4.87. The van der Waals surface area contributed by atoms with Crippen molar-refractivity contribution in [1.29, 1.82) is 5.41 Å². The summed E-state index contributed by atoms with van der Waals surface area (Å²) in [6.07, 6.45) is -5.14. The minimum Gasteiger partial charge on any atom is -0.384 e. The van der Waals surface area contributed by atoms with E-state index in [1.54, 1.807) is 14.0 Å². The Kier molecular flexibility index (Phi) is 3.88. The summed E-state index contributed by atoms with van der Waals surface area (Å²) < 4.78 is 38.0. The van der Waals surface area contributed by atoms with Crippen LogP contribution in [-0.4, -0.2) is 35.4 Å². The summed E-state index contributed by atoms with van der Waals surface area (Å²) in [7, 11) is 3.13. The Morgan fingerprint density at radius 2 is 2.06 bits per heavy atom. The zero-order valence-electron chi connectivity index (χ0n) is 10.5. The van der Waals surface area contributed by atoms with Gasteiger partial charge in [-0.1, -0.05) is 0 Å². The van der Waals surface area contributed by atoms with Crippen LogP contribution in [0.1, 0.15) is 17.7 Å². The Morgan fingerprint density at radius 1 is 1.50 bits per heavy atom. The molecule has 1 heterocycles. The van der Waals surface area contributed by atoms with Gasteiger partial charge in [-0.3, -0.25) is 10.1 Å². The maximum Gasteiger partial charge on any atom is 0.390 e. The fourth-order valence-electron chi connectivity index (χ4n) is 1.80. The summed E-state index contributed by atoms with van der Waals surface area (Å²) in [6, 6.07) is 0. The molecule has 1 aromatic rings. The highest BCUT2D eigenvalue weighted by atomic mass is 19.4. The molecule has 0 saturated heterocycles. The van der Waals surface area contributed by atoms with Crippen molar-refractivity contribution < 1.29 is 13.2 Å². The lowest BCUT2D eigenvalue weighted by molar-refractivity contribution is -0.132. The number of rotatable bonds is 4. The van der Waals surface area contributed by atoms with Crippen LogP contribution in [0.5, 0.6) is 0 Å². The number of hydrogen-bond acceptors (Lipinski definition) is 3. The van der Waals surface area contributed by atoms with Crippen LogP contribution in [0.25, 0.3) is 0 Å². The van der Waals surface area contributed by atoms with Crippen LogP contribution in [0.4, 0.5) is 19.0 Å². The lowest BCUT2D eigenvalue weighted by atomic mass is 10.2. The smallest absolute Gasteiger partial charge is 0.384 e. The van der Waals surface area contributed by atoms with Gasteiger partial charge in [-0.05, 0) is 6.92 Å². The molecule has 18 heavy (non-hydrogen) atoms. The fraction of sp³-hybridized carbons (Fsp3) is 0.600. The van der Waals surface area contributed by atoms with E-state index in [1.807, 2.05) is 0 Å². The summed E-state index contributed by atoms with van der Waals surface area (Å²) in [5.41, 5.74) is 6.33. The molecule has 0 amide bonds. The van der Waals surface area contributed by atoms with Gasteiger partial charge in [-0.25, -0.2) is 0 Å². The molecule has 0 atom stereocenters. The van der Waals surface area contributed by atoms with Crippen molar-refractivity contribution in [3.8, 4) is 0 Å². The summed E-state index contributed by atoms with van der Waals surface area (Å²) in [5.74, 6) is 0.221. The molecule has 0 aliphatic carbocycles. The number of nitrogen functional groups attached to an aromatic ring is 1. The average Bonchev–Trinajstić information content (AvgIpc) is 2.49. The molecule has 0 saturated carbocycles. The van der Waals surface area contributed by atoms with E-state index in [1.165, 1.54) is 16.6 Å². The lowest BCUT2D eigenvalue weighted by Gasteiger charge is -2.21. The van der Waals surface area contributed by atoms with Crippen molar-refractivity contribution in [3.05, 3.63) is 11.3 Å². The number of aromatic nitrogens is 2. The van der Waals surface area contributed by atoms with Gasteiger partial charge < -0.3 is 10.6 Å². The van der Waals surface area contributed by atoms with E-state index in [9.17, 15) is 13.2 Å². The molecule has 3 N–H and O–H groups in total. The number of nitrogens with one attached hydrogen (secondary N) is 1. The van der Waals surface area contributed by atoms with Crippen LogP contribution >= 0.6 is 0 Å². The molecule has 8 heteroatoms. The van der Waals surface area contributed by atoms with E-state index in [2.05, 4.69) is 5.10 Å². The van der Waals surface area contributed by atoms with Gasteiger partial charge in [-0.2, -0.15) is 18.3 Å². The van der Waals surface area contributed by atoms with Gasteiger partial charge in [0.05, 0.1) is 17.7 Å². The van der Waals surface area contributed by atoms with Gasteiger partial charge in [-0.15, -0.1) is 0 Å². The third-order valence-corrected chi connectivity index (χ3v) is 2.55. The molecule has 0 bridgehead atoms. The summed E-state index contributed by atoms with van der Waals surface area (Å²) in [5, 5.41) is 11.5. The zero-order chi connectivity index (χ0) is 14.1. The molecule has 5 nitrogen and oxygen atoms in total. The van der Waals surface area contributed by atoms with E-state index in [0.717, 1.165) is 0 Å². The SMILES string of the molecule is Cc1nn(C)c(N(C)CCC(F)(F)F)c1C(=N)N. The molecular weight excluding hydrogens is 247 g/mol. The molecule has 0 fully saturated rings. The minimum atomic E-state index is -4.21. The number of amidine groups is 1. The lowest BCUT2D eigenvalue weighted by Crippen LogP contribution is -2.28. The first-order chi connectivity index (χ1) is 8.13. The molecule has 0 aliphatic rings. The molecule has 0 aromatic carbocycles. The topological polar surface area (TPSA) is 70.9 Å². The second-order valence-electron chi connectivity index (χ2n) is 4.11. The third kappa shape index (κ3) is 3.14. The number of nitrogens with zero attached hydrogens (tertiary/aromatic N) is 3. The van der Waals surface area contributed by atoms with E-state index in [4.69, 9.17) is 11.1 Å². The van der Waals surface area contributed by atoms with Crippen molar-refractivity contribution >= 4 is 11.7 Å². The van der Waals surface area contributed by atoms with Gasteiger partial charge in [0.25, 0.3) is 0 Å². The van der Waals surface area contributed by atoms with Crippen molar-refractivity contribution in [1.82, 2.24) is 9.78 Å². The van der Waals surface area contributed by atoms with Crippen molar-refractivity contribution in [2.45, 2.75) is 19.5 Å². The zero-order valence-corrected chi connectivity index (χ0v) is 10.5. The molecular formula is C10H16F3N5. The number of hydrogen-bond donors (Lipinski definition) is 2. The maximum atomic E-state index is 12.2. The van der Waals surface area contributed by atoms with Gasteiger partial charge in [0.1, 0.15) is 11.7 Å². The first-order valence-electron chi connectivity index (χ1n) is 5.29. The summed E-state index contributed by atoms with van der Waals surface area (Å²) in [4.78, 5) is 1.41. The molecule has 0 spiro atoms. The third-order valence-electron chi connectivity index (χ3n) is 2.55. The van der Waals surface area contributed by atoms with Gasteiger partial charge in [0.15, 0.2) is 0 Å². The van der Waals surface area contributed by atoms with Crippen LogP contribution in [0.15, 0.2) is 0 Å². The van der Waals surface area contributed by atoms with Crippen LogP contribution in [0.3, 0.4) is 0 Å². The Balaban J connectivity index is 2.98. The predicted octanol–water partition coefficient (Wildman–Crippen LogP) is 1.40. The molecule has 0 aliphatic heterocycles. The first-order valence-corrected chi connectivity index (χ1v) is 5.29. The fourth-order valence-corrected chi connectivity index (χ4v) is 1.80. The van der Waals surface area contributed by atoms with Crippen LogP contribution in [0.2, 0.25) is 0 Å². The Labute approximate surface area is 103 Å². The summed E-state index contributed by atoms with van der Waals surface area (Å²) in [6.45, 7) is 1.46. The highest BCUT2D eigenvalue weighted by Gasteiger charge is 2.28. The minimum absolute atomic E-state index is 0.200. The highest BCUT2D eigenvalue weighted by molar-refractivity contribution is 6.00. The van der Waals surface area contributed by atoms with Gasteiger partial charge >= 0.3 is 6.18 Å². The van der Waals surface area contributed by atoms with Crippen LogP contribution < -0.4 is 10.6 Å². The monoisotopic (exact) mass is 263 g/mol. The quantitative estimate of drug-likeness (QED) is 0.637. The number of halogens is 3. The molecule has 1 rings (SSSR count). The number of alkyl halides is 3. The Bertz CT molecular complexity index is 449. The standard InChI is InChI=1S/C10H16F3N5/c1-6-7(8(14)15)9(18(3)16-6)17(2)5-4-10(11,12)13/h4-5H2,1-3H3,(H3,14,15). The van der Waals surface area contributed by atoms with Crippen molar-refractivity contribution in [3.63, 3.8) is 0 Å². The van der Waals surface area contributed by atoms with Crippen molar-refractivity contribution in [2.24, 2.45) is 12.8 Å². The van der Waals surface area contributed by atoms with E-state index in [-0.39, 0.29) is 12.4 Å². The number of anilines is 1. The first kappa shape index (κ1) is 14.3. The number of aryl methyl sites for hydroxylation is 2. The van der Waals surface area contributed by atoms with E-state index in [0.29, 0.717) is 17.1 Å². The Morgan fingerprint density at radius 3 is 2.50 bits per heavy atom. The molecule has 0 unspecified atom stereocenters. The normalized spacial score (nSPS) is 11.7.